The largest absolute Gasteiger partial charge is 0.384 e. The molecule has 1 atom stereocenters. The van der Waals surface area contributed by atoms with Crippen LogP contribution in [0.25, 0.3) is 0 Å². The van der Waals surface area contributed by atoms with Crippen molar-refractivity contribution in [2.75, 3.05) is 11.9 Å². The van der Waals surface area contributed by atoms with Gasteiger partial charge in [-0.3, -0.25) is 0 Å². The van der Waals surface area contributed by atoms with Gasteiger partial charge in [0.25, 0.3) is 0 Å². The van der Waals surface area contributed by atoms with Crippen molar-refractivity contribution in [1.29, 1.82) is 5.26 Å². The number of nitrogens with zero attached hydrogens (tertiary/aromatic N) is 1. The highest BCUT2D eigenvalue weighted by Gasteiger charge is 2.01. The Kier molecular flexibility index (Phi) is 3.79. The Bertz CT molecular complexity index is 355. The first-order valence-corrected chi connectivity index (χ1v) is 4.91. The predicted molar refractivity (Wildman–Crippen MR) is 59.5 cm³/mol. The molecule has 0 saturated heterocycles. The van der Waals surface area contributed by atoms with Crippen LogP contribution in [-0.4, -0.2) is 6.54 Å². The predicted octanol–water partition coefficient (Wildman–Crippen LogP) is 3.22. The SMILES string of the molecule is Cc1cc(Cl)ccc1NCC(C)C#N. The highest BCUT2D eigenvalue weighted by atomic mass is 35.5. The van der Waals surface area contributed by atoms with Crippen LogP contribution in [0.1, 0.15) is 12.5 Å². The van der Waals surface area contributed by atoms with Crippen molar-refractivity contribution in [1.82, 2.24) is 0 Å². The summed E-state index contributed by atoms with van der Waals surface area (Å²) in [5, 5.41) is 12.6. The topological polar surface area (TPSA) is 35.8 Å². The molecule has 2 nitrogen and oxygen atoms in total. The van der Waals surface area contributed by atoms with E-state index >= 15 is 0 Å². The van der Waals surface area contributed by atoms with E-state index in [0.717, 1.165) is 16.3 Å². The van der Waals surface area contributed by atoms with Gasteiger partial charge in [0, 0.05) is 17.3 Å². The van der Waals surface area contributed by atoms with E-state index in [2.05, 4.69) is 11.4 Å². The average Bonchev–Trinajstić information content (AvgIpc) is 2.16. The molecule has 0 fully saturated rings. The van der Waals surface area contributed by atoms with Crippen molar-refractivity contribution in [2.45, 2.75) is 13.8 Å². The number of halogens is 1. The highest BCUT2D eigenvalue weighted by Crippen LogP contribution is 2.19. The zero-order valence-corrected chi connectivity index (χ0v) is 9.10. The lowest BCUT2D eigenvalue weighted by atomic mass is 10.1. The molecule has 1 aromatic rings. The molecule has 0 saturated carbocycles. The van der Waals surface area contributed by atoms with Crippen LogP contribution in [0.4, 0.5) is 5.69 Å². The number of nitrogens with one attached hydrogen (secondary N) is 1. The second kappa shape index (κ2) is 4.88. The van der Waals surface area contributed by atoms with Crippen LogP contribution in [-0.2, 0) is 0 Å². The number of hydrogen-bond acceptors (Lipinski definition) is 2. The van der Waals surface area contributed by atoms with E-state index < -0.39 is 0 Å². The average molecular weight is 209 g/mol. The lowest BCUT2D eigenvalue weighted by Gasteiger charge is -2.10. The van der Waals surface area contributed by atoms with Gasteiger partial charge in [0.05, 0.1) is 12.0 Å². The van der Waals surface area contributed by atoms with Crippen molar-refractivity contribution in [2.24, 2.45) is 5.92 Å². The zero-order valence-electron chi connectivity index (χ0n) is 8.34. The molecular formula is C11H13ClN2. The van der Waals surface area contributed by atoms with Crippen molar-refractivity contribution < 1.29 is 0 Å². The van der Waals surface area contributed by atoms with E-state index in [9.17, 15) is 0 Å². The fourth-order valence-electron chi connectivity index (χ4n) is 1.13. The molecule has 1 aromatic carbocycles. The van der Waals surface area contributed by atoms with Crippen LogP contribution in [0.2, 0.25) is 5.02 Å². The minimum absolute atomic E-state index is 0.0186. The third-order valence-corrected chi connectivity index (χ3v) is 2.24. The van der Waals surface area contributed by atoms with Crippen LogP contribution in [0.15, 0.2) is 18.2 Å². The molecule has 1 unspecified atom stereocenters. The van der Waals surface area contributed by atoms with E-state index in [4.69, 9.17) is 16.9 Å². The molecule has 1 rings (SSSR count). The summed E-state index contributed by atoms with van der Waals surface area (Å²) in [6, 6.07) is 7.85. The molecule has 0 radical (unpaired) electrons. The highest BCUT2D eigenvalue weighted by molar-refractivity contribution is 6.30. The molecule has 0 spiro atoms. The Balaban J connectivity index is 2.64. The Hall–Kier alpha value is -1.20. The van der Waals surface area contributed by atoms with Crippen molar-refractivity contribution in [3.8, 4) is 6.07 Å². The molecule has 74 valence electrons. The molecule has 0 aliphatic rings. The second-order valence-corrected chi connectivity index (χ2v) is 3.81. The van der Waals surface area contributed by atoms with Crippen molar-refractivity contribution >= 4 is 17.3 Å². The Labute approximate surface area is 89.5 Å². The number of anilines is 1. The van der Waals surface area contributed by atoms with Gasteiger partial charge in [-0.2, -0.15) is 5.26 Å². The van der Waals surface area contributed by atoms with Crippen LogP contribution in [0.3, 0.4) is 0 Å². The molecule has 1 N–H and O–H groups in total. The standard InChI is InChI=1S/C11H13ClN2/c1-8(6-13)7-14-11-4-3-10(12)5-9(11)2/h3-5,8,14H,7H2,1-2H3. The Morgan fingerprint density at radius 1 is 1.57 bits per heavy atom. The first kappa shape index (κ1) is 10.9. The molecular weight excluding hydrogens is 196 g/mol. The van der Waals surface area contributed by atoms with E-state index in [-0.39, 0.29) is 5.92 Å². The normalized spacial score (nSPS) is 11.9. The monoisotopic (exact) mass is 208 g/mol. The lowest BCUT2D eigenvalue weighted by molar-refractivity contribution is 0.785. The van der Waals surface area contributed by atoms with Crippen molar-refractivity contribution in [3.63, 3.8) is 0 Å². The molecule has 0 aliphatic carbocycles. The van der Waals surface area contributed by atoms with Crippen LogP contribution < -0.4 is 5.32 Å². The lowest BCUT2D eigenvalue weighted by Crippen LogP contribution is -2.09. The fourth-order valence-corrected chi connectivity index (χ4v) is 1.36. The second-order valence-electron chi connectivity index (χ2n) is 3.37. The summed E-state index contributed by atoms with van der Waals surface area (Å²) in [5.74, 6) is 0.0186. The summed E-state index contributed by atoms with van der Waals surface area (Å²) in [5.41, 5.74) is 2.14. The first-order chi connectivity index (χ1) is 6.63. The fraction of sp³-hybridized carbons (Fsp3) is 0.364. The minimum atomic E-state index is 0.0186. The van der Waals surface area contributed by atoms with Gasteiger partial charge in [-0.05, 0) is 37.6 Å². The summed E-state index contributed by atoms with van der Waals surface area (Å²) in [6.07, 6.45) is 0. The summed E-state index contributed by atoms with van der Waals surface area (Å²) in [4.78, 5) is 0. The minimum Gasteiger partial charge on any atom is -0.384 e. The smallest absolute Gasteiger partial charge is 0.0671 e. The number of nitriles is 1. The van der Waals surface area contributed by atoms with Crippen LogP contribution in [0, 0.1) is 24.2 Å². The van der Waals surface area contributed by atoms with Gasteiger partial charge in [0.2, 0.25) is 0 Å². The van der Waals surface area contributed by atoms with Gasteiger partial charge in [-0.1, -0.05) is 11.6 Å². The Morgan fingerprint density at radius 2 is 2.29 bits per heavy atom. The summed E-state index contributed by atoms with van der Waals surface area (Å²) in [6.45, 7) is 4.54. The summed E-state index contributed by atoms with van der Waals surface area (Å²) >= 11 is 5.83. The zero-order chi connectivity index (χ0) is 10.6. The molecule has 0 heterocycles. The summed E-state index contributed by atoms with van der Waals surface area (Å²) in [7, 11) is 0. The van der Waals surface area contributed by atoms with Crippen LogP contribution in [0.5, 0.6) is 0 Å². The number of aryl methyl sites for hydroxylation is 1. The molecule has 0 amide bonds. The molecule has 0 aliphatic heterocycles. The summed E-state index contributed by atoms with van der Waals surface area (Å²) < 4.78 is 0. The maximum Gasteiger partial charge on any atom is 0.0671 e. The molecule has 3 heteroatoms. The van der Waals surface area contributed by atoms with Crippen LogP contribution >= 0.6 is 11.6 Å². The van der Waals surface area contributed by atoms with E-state index in [1.54, 1.807) is 0 Å². The maximum atomic E-state index is 8.62. The van der Waals surface area contributed by atoms with Gasteiger partial charge in [-0.15, -0.1) is 0 Å². The Morgan fingerprint density at radius 3 is 2.86 bits per heavy atom. The van der Waals surface area contributed by atoms with Gasteiger partial charge in [-0.25, -0.2) is 0 Å². The van der Waals surface area contributed by atoms with E-state index in [1.165, 1.54) is 0 Å². The van der Waals surface area contributed by atoms with Gasteiger partial charge >= 0.3 is 0 Å². The molecule has 0 bridgehead atoms. The maximum absolute atomic E-state index is 8.62. The van der Waals surface area contributed by atoms with Crippen molar-refractivity contribution in [3.05, 3.63) is 28.8 Å². The van der Waals surface area contributed by atoms with Gasteiger partial charge in [0.15, 0.2) is 0 Å². The van der Waals surface area contributed by atoms with Gasteiger partial charge < -0.3 is 5.32 Å². The number of rotatable bonds is 3. The van der Waals surface area contributed by atoms with Gasteiger partial charge in [0.1, 0.15) is 0 Å². The number of benzene rings is 1. The quantitative estimate of drug-likeness (QED) is 0.828. The molecule has 14 heavy (non-hydrogen) atoms. The third-order valence-electron chi connectivity index (χ3n) is 2.01. The number of hydrogen-bond donors (Lipinski definition) is 1. The first-order valence-electron chi connectivity index (χ1n) is 4.53. The van der Waals surface area contributed by atoms with E-state index in [0.29, 0.717) is 6.54 Å². The third kappa shape index (κ3) is 2.93. The molecule has 0 aromatic heterocycles. The van der Waals surface area contributed by atoms with E-state index in [1.807, 2.05) is 32.0 Å².